The van der Waals surface area contributed by atoms with Crippen LogP contribution in [0.3, 0.4) is 0 Å². The maximum atomic E-state index is 12.5. The van der Waals surface area contributed by atoms with E-state index in [0.717, 1.165) is 12.1 Å². The molecule has 0 fully saturated rings. The number of rotatable bonds is 4. The van der Waals surface area contributed by atoms with E-state index in [9.17, 15) is 62.3 Å². The van der Waals surface area contributed by atoms with E-state index in [4.69, 9.17) is 0 Å². The van der Waals surface area contributed by atoms with Crippen LogP contribution in [0.5, 0.6) is 0 Å². The number of ketones is 2. The van der Waals surface area contributed by atoms with Gasteiger partial charge in [0.15, 0.2) is 11.6 Å². The van der Waals surface area contributed by atoms with E-state index in [2.05, 4.69) is 0 Å². The number of allylic oxidation sites excluding steroid dienone is 4. The first-order valence-electron chi connectivity index (χ1n) is 7.16. The van der Waals surface area contributed by atoms with E-state index < -0.39 is 70.7 Å². The van der Waals surface area contributed by atoms with Gasteiger partial charge in [-0.3, -0.25) is 9.59 Å². The molecule has 0 bridgehead atoms. The summed E-state index contributed by atoms with van der Waals surface area (Å²) in [5, 5.41) is 0. The van der Waals surface area contributed by atoms with Crippen LogP contribution in [0.4, 0.5) is 52.7 Å². The highest BCUT2D eigenvalue weighted by atomic mass is 19.4. The summed E-state index contributed by atoms with van der Waals surface area (Å²) >= 11 is 0. The summed E-state index contributed by atoms with van der Waals surface area (Å²) in [4.78, 5) is 23.7. The van der Waals surface area contributed by atoms with Crippen molar-refractivity contribution < 1.29 is 62.3 Å². The van der Waals surface area contributed by atoms with Gasteiger partial charge in [0.05, 0.1) is 0 Å². The van der Waals surface area contributed by atoms with Crippen LogP contribution in [0.1, 0.15) is 20.7 Å². The van der Waals surface area contributed by atoms with Crippen LogP contribution in [-0.4, -0.2) is 36.3 Å². The molecule has 0 unspecified atom stereocenters. The van der Waals surface area contributed by atoms with Crippen molar-refractivity contribution in [1.29, 1.82) is 0 Å². The van der Waals surface area contributed by atoms with Gasteiger partial charge in [0, 0.05) is 23.3 Å². The Hall–Kier alpha value is -2.80. The molecule has 166 valence electrons. The van der Waals surface area contributed by atoms with Crippen molar-refractivity contribution in [2.75, 3.05) is 0 Å². The smallest absolute Gasteiger partial charge is 0.289 e. The number of halogens is 12. The van der Waals surface area contributed by atoms with Gasteiger partial charge >= 0.3 is 24.7 Å². The van der Waals surface area contributed by atoms with E-state index in [-0.39, 0.29) is 0 Å². The van der Waals surface area contributed by atoms with E-state index in [0.29, 0.717) is 12.1 Å². The lowest BCUT2D eigenvalue weighted by Gasteiger charge is -2.15. The summed E-state index contributed by atoms with van der Waals surface area (Å²) in [7, 11) is 0. The summed E-state index contributed by atoms with van der Waals surface area (Å²) in [5.41, 5.74) is -9.12. The average molecular weight is 458 g/mol. The highest BCUT2D eigenvalue weighted by molar-refractivity contribution is 6.16. The van der Waals surface area contributed by atoms with Crippen LogP contribution in [-0.2, 0) is 0 Å². The molecule has 1 aromatic rings. The number of hydrogen-bond acceptors (Lipinski definition) is 2. The van der Waals surface area contributed by atoms with Crippen LogP contribution < -0.4 is 0 Å². The molecular weight excluding hydrogens is 452 g/mol. The Morgan fingerprint density at radius 2 is 0.767 bits per heavy atom. The van der Waals surface area contributed by atoms with Crippen LogP contribution in [0.25, 0.3) is 0 Å². The molecule has 2 nitrogen and oxygen atoms in total. The highest BCUT2D eigenvalue weighted by Crippen LogP contribution is 2.40. The molecule has 0 saturated heterocycles. The number of carbonyl (C=O) groups is 2. The maximum Gasteiger partial charge on any atom is 0.421 e. The van der Waals surface area contributed by atoms with E-state index >= 15 is 0 Å². The van der Waals surface area contributed by atoms with Gasteiger partial charge in [-0.2, -0.15) is 52.7 Å². The van der Waals surface area contributed by atoms with Gasteiger partial charge in [0.2, 0.25) is 0 Å². The Kier molecular flexibility index (Phi) is 6.85. The van der Waals surface area contributed by atoms with Crippen molar-refractivity contribution in [3.05, 3.63) is 58.7 Å². The molecule has 1 rings (SSSR count). The van der Waals surface area contributed by atoms with Crippen LogP contribution >= 0.6 is 0 Å². The Morgan fingerprint density at radius 3 is 0.967 bits per heavy atom. The molecule has 0 saturated carbocycles. The highest BCUT2D eigenvalue weighted by Gasteiger charge is 2.52. The van der Waals surface area contributed by atoms with Gasteiger partial charge in [0.25, 0.3) is 0 Å². The lowest BCUT2D eigenvalue weighted by atomic mass is 9.97. The number of alkyl halides is 12. The third-order valence-electron chi connectivity index (χ3n) is 3.23. The molecular formula is C16H6F12O2. The normalized spacial score (nSPS) is 12.9. The fraction of sp³-hybridized carbons (Fsp3) is 0.250. The predicted molar refractivity (Wildman–Crippen MR) is 75.5 cm³/mol. The van der Waals surface area contributed by atoms with E-state index in [1.807, 2.05) is 0 Å². The fourth-order valence-corrected chi connectivity index (χ4v) is 1.98. The third-order valence-corrected chi connectivity index (χ3v) is 3.23. The molecule has 0 aliphatic heterocycles. The number of benzene rings is 1. The number of carbonyl (C=O) groups excluding carboxylic acids is 2. The van der Waals surface area contributed by atoms with E-state index in [1.54, 1.807) is 0 Å². The third kappa shape index (κ3) is 6.35. The topological polar surface area (TPSA) is 34.1 Å². The minimum absolute atomic E-state index is 0.463. The minimum Gasteiger partial charge on any atom is -0.289 e. The Morgan fingerprint density at radius 1 is 0.533 bits per heavy atom. The van der Waals surface area contributed by atoms with Gasteiger partial charge in [-0.15, -0.1) is 0 Å². The largest absolute Gasteiger partial charge is 0.421 e. The lowest BCUT2D eigenvalue weighted by molar-refractivity contribution is -0.173. The fourth-order valence-electron chi connectivity index (χ4n) is 1.98. The molecule has 0 heterocycles. The van der Waals surface area contributed by atoms with E-state index in [1.165, 1.54) is 0 Å². The monoisotopic (exact) mass is 458 g/mol. The van der Waals surface area contributed by atoms with Crippen molar-refractivity contribution in [3.63, 3.8) is 0 Å². The van der Waals surface area contributed by atoms with Gasteiger partial charge < -0.3 is 0 Å². The maximum absolute atomic E-state index is 12.5. The Labute approximate surface area is 158 Å². The first-order chi connectivity index (χ1) is 13.3. The minimum atomic E-state index is -6.06. The molecule has 30 heavy (non-hydrogen) atoms. The molecule has 0 radical (unpaired) electrons. The second-order valence-electron chi connectivity index (χ2n) is 5.38. The first kappa shape index (κ1) is 25.2. The summed E-state index contributed by atoms with van der Waals surface area (Å²) in [5.74, 6) is -4.23. The summed E-state index contributed by atoms with van der Waals surface area (Å²) in [6.45, 7) is 0. The van der Waals surface area contributed by atoms with Crippen molar-refractivity contribution in [3.8, 4) is 0 Å². The van der Waals surface area contributed by atoms with Gasteiger partial charge in [-0.1, -0.05) is 24.3 Å². The van der Waals surface area contributed by atoms with Crippen molar-refractivity contribution in [2.24, 2.45) is 0 Å². The number of hydrogen-bond donors (Lipinski definition) is 0. The molecule has 0 atom stereocenters. The van der Waals surface area contributed by atoms with Gasteiger partial charge in [-0.25, -0.2) is 0 Å². The average Bonchev–Trinajstić information content (AvgIpc) is 2.52. The molecule has 0 aromatic heterocycles. The molecule has 0 aliphatic carbocycles. The van der Waals surface area contributed by atoms with Crippen LogP contribution in [0, 0.1) is 0 Å². The Balaban J connectivity index is 3.57. The van der Waals surface area contributed by atoms with Gasteiger partial charge in [0.1, 0.15) is 11.1 Å². The van der Waals surface area contributed by atoms with Crippen molar-refractivity contribution >= 4 is 11.6 Å². The molecule has 14 heteroatoms. The quantitative estimate of drug-likeness (QED) is 0.308. The van der Waals surface area contributed by atoms with Gasteiger partial charge in [-0.05, 0) is 0 Å². The van der Waals surface area contributed by atoms with Crippen LogP contribution in [0.2, 0.25) is 0 Å². The van der Waals surface area contributed by atoms with Crippen molar-refractivity contribution in [1.82, 2.24) is 0 Å². The lowest BCUT2D eigenvalue weighted by Crippen LogP contribution is -2.28. The Bertz CT molecular complexity index is 774. The summed E-state index contributed by atoms with van der Waals surface area (Å²) < 4.78 is 150. The summed E-state index contributed by atoms with van der Waals surface area (Å²) in [6.07, 6.45) is -26.2. The molecule has 0 aliphatic rings. The predicted octanol–water partition coefficient (Wildman–Crippen LogP) is 6.15. The zero-order valence-electron chi connectivity index (χ0n) is 13.8. The second kappa shape index (κ2) is 8.14. The molecule has 0 amide bonds. The second-order valence-corrected chi connectivity index (χ2v) is 5.38. The molecule has 1 aromatic carbocycles. The zero-order valence-corrected chi connectivity index (χ0v) is 13.8. The first-order valence-corrected chi connectivity index (χ1v) is 7.16. The zero-order chi connectivity index (χ0) is 23.7. The SMILES string of the molecule is O=C(C=C(C(F)(F)F)C(F)(F)F)c1ccccc1C(=O)C=C(C(F)(F)F)C(F)(F)F. The van der Waals surface area contributed by atoms with Crippen LogP contribution in [0.15, 0.2) is 47.6 Å². The molecule has 0 spiro atoms. The molecule has 0 N–H and O–H groups in total. The standard InChI is InChI=1S/C16H6F12O2/c17-13(18,19)11(14(20,21)22)5-9(29)7-3-1-2-4-8(7)10(30)6-12(15(23,24)25)16(26,27)28/h1-6H. The summed E-state index contributed by atoms with van der Waals surface area (Å²) in [6, 6.07) is 2.56. The van der Waals surface area contributed by atoms with Crippen molar-refractivity contribution in [2.45, 2.75) is 24.7 Å².